The van der Waals surface area contributed by atoms with Crippen molar-refractivity contribution in [1.82, 2.24) is 0 Å². The van der Waals surface area contributed by atoms with Crippen LogP contribution >= 0.6 is 0 Å². The van der Waals surface area contributed by atoms with Crippen molar-refractivity contribution >= 4 is 0 Å². The van der Waals surface area contributed by atoms with Crippen molar-refractivity contribution < 1.29 is 4.65 Å². The van der Waals surface area contributed by atoms with E-state index in [0.29, 0.717) is 5.92 Å². The van der Waals surface area contributed by atoms with Crippen LogP contribution in [-0.2, 0) is 0 Å². The molecule has 0 saturated heterocycles. The fraction of sp³-hybridized carbons (Fsp3) is 1.00. The Balaban J connectivity index is 2.31. The van der Waals surface area contributed by atoms with Crippen LogP contribution in [0.3, 0.4) is 0 Å². The molecule has 0 bridgehead atoms. The second kappa shape index (κ2) is 6.49. The molecule has 0 aromatic carbocycles. The van der Waals surface area contributed by atoms with Gasteiger partial charge in [-0.25, -0.2) is 0 Å². The highest BCUT2D eigenvalue weighted by Crippen LogP contribution is 2.23. The highest BCUT2D eigenvalue weighted by Gasteiger charge is 2.15. The smallest absolute Gasteiger partial charge is 0.0808 e. The molecule has 1 aliphatic carbocycles. The Labute approximate surface area is 94.8 Å². The first-order valence-electron chi connectivity index (χ1n) is 6.62. The molecule has 1 aliphatic rings. The molecule has 0 aromatic rings. The Morgan fingerprint density at radius 2 is 1.27 bits per heavy atom. The Kier molecular flexibility index (Phi) is 5.62. The molecule has 0 radical (unpaired) electrons. The minimum Gasteiger partial charge on any atom is -0.633 e. The molecule has 15 heavy (non-hydrogen) atoms. The van der Waals surface area contributed by atoms with Gasteiger partial charge in [-0.15, -0.1) is 0 Å². The van der Waals surface area contributed by atoms with Gasteiger partial charge in [-0.1, -0.05) is 44.9 Å². The lowest BCUT2D eigenvalue weighted by molar-refractivity contribution is -0.843. The maximum Gasteiger partial charge on any atom is 0.0808 e. The third kappa shape index (κ3) is 6.91. The van der Waals surface area contributed by atoms with Crippen LogP contribution in [0.15, 0.2) is 0 Å². The minimum atomic E-state index is -0.106. The first kappa shape index (κ1) is 13.0. The van der Waals surface area contributed by atoms with Crippen molar-refractivity contribution in [3.8, 4) is 0 Å². The van der Waals surface area contributed by atoms with Gasteiger partial charge in [0.05, 0.1) is 20.6 Å². The first-order chi connectivity index (χ1) is 7.08. The van der Waals surface area contributed by atoms with E-state index in [0.717, 1.165) is 6.54 Å². The van der Waals surface area contributed by atoms with Gasteiger partial charge in [-0.3, -0.25) is 0 Å². The molecule has 2 nitrogen and oxygen atoms in total. The van der Waals surface area contributed by atoms with Crippen molar-refractivity contribution in [2.24, 2.45) is 5.92 Å². The normalized spacial score (nSPS) is 22.6. The predicted molar refractivity (Wildman–Crippen MR) is 65.4 cm³/mol. The maximum atomic E-state index is 11.7. The molecule has 90 valence electrons. The summed E-state index contributed by atoms with van der Waals surface area (Å²) >= 11 is 0. The fourth-order valence-electron chi connectivity index (χ4n) is 2.70. The molecule has 0 N–H and O–H groups in total. The van der Waals surface area contributed by atoms with Crippen molar-refractivity contribution in [1.29, 1.82) is 0 Å². The van der Waals surface area contributed by atoms with E-state index in [2.05, 4.69) is 0 Å². The Morgan fingerprint density at radius 3 is 1.67 bits per heavy atom. The van der Waals surface area contributed by atoms with Gasteiger partial charge in [0, 0.05) is 5.92 Å². The van der Waals surface area contributed by atoms with Gasteiger partial charge < -0.3 is 9.85 Å². The fourth-order valence-corrected chi connectivity index (χ4v) is 2.70. The lowest BCUT2D eigenvalue weighted by Crippen LogP contribution is -2.37. The van der Waals surface area contributed by atoms with Crippen molar-refractivity contribution in [2.45, 2.75) is 57.8 Å². The van der Waals surface area contributed by atoms with Crippen LogP contribution in [0.2, 0.25) is 0 Å². The predicted octanol–water partition coefficient (Wildman–Crippen LogP) is 3.70. The average molecular weight is 213 g/mol. The number of hydroxylamine groups is 3. The summed E-state index contributed by atoms with van der Waals surface area (Å²) in [7, 11) is 3.55. The molecule has 0 aliphatic heterocycles. The molecule has 0 atom stereocenters. The third-order valence-corrected chi connectivity index (χ3v) is 3.42. The number of hydrogen-bond donors (Lipinski definition) is 0. The molecule has 0 amide bonds. The Morgan fingerprint density at radius 1 is 0.867 bits per heavy atom. The lowest BCUT2D eigenvalue weighted by Gasteiger charge is -2.37. The Hall–Kier alpha value is -0.0800. The molecule has 0 spiro atoms. The van der Waals surface area contributed by atoms with Crippen molar-refractivity contribution in [3.63, 3.8) is 0 Å². The number of nitrogens with zero attached hydrogens (tertiary/aromatic N) is 1. The van der Waals surface area contributed by atoms with Gasteiger partial charge in [0.25, 0.3) is 0 Å². The van der Waals surface area contributed by atoms with Crippen molar-refractivity contribution in [3.05, 3.63) is 5.21 Å². The molecule has 0 heterocycles. The van der Waals surface area contributed by atoms with E-state index < -0.39 is 0 Å². The van der Waals surface area contributed by atoms with Crippen molar-refractivity contribution in [2.75, 3.05) is 20.6 Å². The molecule has 2 heteroatoms. The van der Waals surface area contributed by atoms with Gasteiger partial charge >= 0.3 is 0 Å². The van der Waals surface area contributed by atoms with E-state index in [1.807, 2.05) is 0 Å². The summed E-state index contributed by atoms with van der Waals surface area (Å²) in [6, 6.07) is 0. The van der Waals surface area contributed by atoms with Gasteiger partial charge in [0.2, 0.25) is 0 Å². The SMILES string of the molecule is C[N+](C)([O-])CC1CCCCCCCCC1. The molecule has 1 saturated carbocycles. The van der Waals surface area contributed by atoms with E-state index in [-0.39, 0.29) is 4.65 Å². The number of rotatable bonds is 2. The van der Waals surface area contributed by atoms with Crippen LogP contribution in [0, 0.1) is 11.1 Å². The first-order valence-corrected chi connectivity index (χ1v) is 6.62. The van der Waals surface area contributed by atoms with Crippen LogP contribution in [0.25, 0.3) is 0 Å². The summed E-state index contributed by atoms with van der Waals surface area (Å²) in [5.41, 5.74) is 0. The topological polar surface area (TPSA) is 23.1 Å². The van der Waals surface area contributed by atoms with E-state index in [1.54, 1.807) is 14.1 Å². The second-order valence-corrected chi connectivity index (χ2v) is 5.67. The molecule has 1 rings (SSSR count). The summed E-state index contributed by atoms with van der Waals surface area (Å²) in [6.07, 6.45) is 12.2. The maximum absolute atomic E-state index is 11.7. The molecule has 0 unspecified atom stereocenters. The number of quaternary nitrogens is 1. The summed E-state index contributed by atoms with van der Waals surface area (Å²) in [6.45, 7) is 0.819. The lowest BCUT2D eigenvalue weighted by atomic mass is 9.92. The summed E-state index contributed by atoms with van der Waals surface area (Å²) in [4.78, 5) is 0. The molecule has 0 aromatic heterocycles. The van der Waals surface area contributed by atoms with Crippen LogP contribution in [0.4, 0.5) is 0 Å². The van der Waals surface area contributed by atoms with Crippen LogP contribution in [0.5, 0.6) is 0 Å². The zero-order valence-corrected chi connectivity index (χ0v) is 10.5. The highest BCUT2D eigenvalue weighted by atomic mass is 16.5. The number of hydrogen-bond acceptors (Lipinski definition) is 1. The summed E-state index contributed by atoms with van der Waals surface area (Å²) < 4.78 is -0.106. The minimum absolute atomic E-state index is 0.106. The standard InChI is InChI=1S/C13H27NO/c1-14(2,15)12-13-10-8-6-4-3-5-7-9-11-13/h13H,3-12H2,1-2H3. The summed E-state index contributed by atoms with van der Waals surface area (Å²) in [5.74, 6) is 0.676. The van der Waals surface area contributed by atoms with E-state index in [4.69, 9.17) is 0 Å². The molecular formula is C13H27NO. The highest BCUT2D eigenvalue weighted by molar-refractivity contribution is 4.62. The zero-order valence-electron chi connectivity index (χ0n) is 10.5. The van der Waals surface area contributed by atoms with Crippen LogP contribution < -0.4 is 0 Å². The zero-order chi connectivity index (χ0) is 11.1. The molecule has 1 fully saturated rings. The monoisotopic (exact) mass is 213 g/mol. The summed E-state index contributed by atoms with van der Waals surface area (Å²) in [5, 5.41) is 11.7. The quantitative estimate of drug-likeness (QED) is 0.506. The van der Waals surface area contributed by atoms with Crippen LogP contribution in [-0.4, -0.2) is 25.3 Å². The van der Waals surface area contributed by atoms with E-state index >= 15 is 0 Å². The van der Waals surface area contributed by atoms with Gasteiger partial charge in [0.1, 0.15) is 0 Å². The van der Waals surface area contributed by atoms with E-state index in [1.165, 1.54) is 57.8 Å². The van der Waals surface area contributed by atoms with Crippen LogP contribution in [0.1, 0.15) is 57.8 Å². The average Bonchev–Trinajstić information content (AvgIpc) is 2.13. The van der Waals surface area contributed by atoms with Gasteiger partial charge in [-0.05, 0) is 12.8 Å². The molecular weight excluding hydrogens is 186 g/mol. The van der Waals surface area contributed by atoms with Gasteiger partial charge in [0.15, 0.2) is 0 Å². The second-order valence-electron chi connectivity index (χ2n) is 5.67. The van der Waals surface area contributed by atoms with E-state index in [9.17, 15) is 5.21 Å². The third-order valence-electron chi connectivity index (χ3n) is 3.42. The largest absolute Gasteiger partial charge is 0.633 e. The van der Waals surface area contributed by atoms with Gasteiger partial charge in [-0.2, -0.15) is 0 Å². The Bertz CT molecular complexity index is 152.